The first kappa shape index (κ1) is 9.72. The lowest BCUT2D eigenvalue weighted by atomic mass is 9.99. The fourth-order valence-electron chi connectivity index (χ4n) is 2.01. The van der Waals surface area contributed by atoms with E-state index in [1.165, 1.54) is 0 Å². The maximum Gasteiger partial charge on any atom is 0.139 e. The fraction of sp³-hybridized carbons (Fsp3) is 0.900. The van der Waals surface area contributed by atoms with Gasteiger partial charge in [0.05, 0.1) is 0 Å². The highest BCUT2D eigenvalue weighted by Crippen LogP contribution is 2.58. The molecule has 0 radical (unpaired) electrons. The Balaban J connectivity index is 2.63. The highest BCUT2D eigenvalue weighted by atomic mass is 16.3. The summed E-state index contributed by atoms with van der Waals surface area (Å²) in [5.74, 6) is 0.708. The van der Waals surface area contributed by atoms with E-state index in [0.717, 1.165) is 0 Å². The average molecular weight is 170 g/mol. The number of rotatable bonds is 3. The summed E-state index contributed by atoms with van der Waals surface area (Å²) in [6, 6.07) is 0. The zero-order valence-corrected chi connectivity index (χ0v) is 8.29. The molecule has 1 aliphatic rings. The monoisotopic (exact) mass is 170 g/mol. The summed E-state index contributed by atoms with van der Waals surface area (Å²) in [5, 5.41) is 8.99. The number of carbonyl (C=O) groups is 1. The van der Waals surface area contributed by atoms with Crippen molar-refractivity contribution in [1.82, 2.24) is 0 Å². The lowest BCUT2D eigenvalue weighted by Crippen LogP contribution is -2.13. The summed E-state index contributed by atoms with van der Waals surface area (Å²) in [6.07, 6.45) is 0. The molecule has 1 fully saturated rings. The standard InChI is InChI=1S/C10H18O2/c1-6(2)9(12)8-7(5-11)10(8,3)4/h6-8,11H,5H2,1-4H3/t7-,8+/m1/s1. The summed E-state index contributed by atoms with van der Waals surface area (Å²) in [5.41, 5.74) is 0.0378. The van der Waals surface area contributed by atoms with Crippen molar-refractivity contribution in [3.8, 4) is 0 Å². The Labute approximate surface area is 74.0 Å². The van der Waals surface area contributed by atoms with Crippen LogP contribution in [0.5, 0.6) is 0 Å². The van der Waals surface area contributed by atoms with E-state index in [9.17, 15) is 4.79 Å². The third kappa shape index (κ3) is 1.28. The normalized spacial score (nSPS) is 32.2. The molecule has 0 saturated heterocycles. The molecule has 12 heavy (non-hydrogen) atoms. The molecule has 2 nitrogen and oxygen atoms in total. The van der Waals surface area contributed by atoms with Gasteiger partial charge < -0.3 is 5.11 Å². The number of ketones is 1. The number of aliphatic hydroxyl groups excluding tert-OH is 1. The predicted octanol–water partition coefficient (Wildman–Crippen LogP) is 1.48. The molecule has 0 spiro atoms. The topological polar surface area (TPSA) is 37.3 Å². The first-order chi connectivity index (χ1) is 5.42. The molecule has 0 aromatic rings. The van der Waals surface area contributed by atoms with Gasteiger partial charge in [-0.1, -0.05) is 27.7 Å². The van der Waals surface area contributed by atoms with Crippen molar-refractivity contribution in [2.45, 2.75) is 27.7 Å². The minimum Gasteiger partial charge on any atom is -0.396 e. The molecule has 1 N–H and O–H groups in total. The van der Waals surface area contributed by atoms with E-state index < -0.39 is 0 Å². The van der Waals surface area contributed by atoms with Crippen LogP contribution in [0.25, 0.3) is 0 Å². The van der Waals surface area contributed by atoms with Crippen molar-refractivity contribution >= 4 is 5.78 Å². The minimum atomic E-state index is 0.0378. The van der Waals surface area contributed by atoms with Crippen molar-refractivity contribution < 1.29 is 9.90 Å². The van der Waals surface area contributed by atoms with Gasteiger partial charge >= 0.3 is 0 Å². The first-order valence-corrected chi connectivity index (χ1v) is 4.57. The first-order valence-electron chi connectivity index (χ1n) is 4.57. The van der Waals surface area contributed by atoms with Gasteiger partial charge in [0.1, 0.15) is 5.78 Å². The summed E-state index contributed by atoms with van der Waals surface area (Å²) < 4.78 is 0. The molecule has 1 saturated carbocycles. The largest absolute Gasteiger partial charge is 0.396 e. The lowest BCUT2D eigenvalue weighted by molar-refractivity contribution is -0.124. The zero-order chi connectivity index (χ0) is 9.52. The molecule has 0 aromatic heterocycles. The Bertz CT molecular complexity index is 194. The summed E-state index contributed by atoms with van der Waals surface area (Å²) >= 11 is 0. The minimum absolute atomic E-state index is 0.0378. The van der Waals surface area contributed by atoms with Crippen molar-refractivity contribution in [3.63, 3.8) is 0 Å². The molecule has 0 bridgehead atoms. The summed E-state index contributed by atoms with van der Waals surface area (Å²) in [6.45, 7) is 8.10. The quantitative estimate of drug-likeness (QED) is 0.696. The summed E-state index contributed by atoms with van der Waals surface area (Å²) in [7, 11) is 0. The molecule has 0 unspecified atom stereocenters. The Hall–Kier alpha value is -0.370. The van der Waals surface area contributed by atoms with Crippen LogP contribution < -0.4 is 0 Å². The second kappa shape index (κ2) is 2.84. The average Bonchev–Trinajstić information content (AvgIpc) is 2.50. The Morgan fingerprint density at radius 2 is 2.00 bits per heavy atom. The number of carbonyl (C=O) groups excluding carboxylic acids is 1. The van der Waals surface area contributed by atoms with Crippen LogP contribution in [0.1, 0.15) is 27.7 Å². The molecule has 0 aliphatic heterocycles. The zero-order valence-electron chi connectivity index (χ0n) is 8.29. The Morgan fingerprint density at radius 3 is 2.25 bits per heavy atom. The van der Waals surface area contributed by atoms with Gasteiger partial charge in [-0.2, -0.15) is 0 Å². The number of aliphatic hydroxyl groups is 1. The molecule has 0 amide bonds. The third-order valence-corrected chi connectivity index (χ3v) is 3.12. The van der Waals surface area contributed by atoms with Gasteiger partial charge in [-0.25, -0.2) is 0 Å². The van der Waals surface area contributed by atoms with E-state index in [0.29, 0.717) is 5.78 Å². The smallest absolute Gasteiger partial charge is 0.139 e. The fourth-order valence-corrected chi connectivity index (χ4v) is 2.01. The van der Waals surface area contributed by atoms with Gasteiger partial charge in [-0.3, -0.25) is 4.79 Å². The van der Waals surface area contributed by atoms with Crippen LogP contribution in [0.3, 0.4) is 0 Å². The van der Waals surface area contributed by atoms with E-state index in [4.69, 9.17) is 5.11 Å². The van der Waals surface area contributed by atoms with Gasteiger partial charge in [0.2, 0.25) is 0 Å². The van der Waals surface area contributed by atoms with Gasteiger partial charge in [0.15, 0.2) is 0 Å². The second-order valence-corrected chi connectivity index (χ2v) is 4.65. The molecule has 1 rings (SSSR count). The predicted molar refractivity (Wildman–Crippen MR) is 47.7 cm³/mol. The molecule has 70 valence electrons. The van der Waals surface area contributed by atoms with Crippen LogP contribution in [0.4, 0.5) is 0 Å². The molecule has 0 aromatic carbocycles. The maximum atomic E-state index is 11.6. The molecule has 2 heteroatoms. The van der Waals surface area contributed by atoms with E-state index >= 15 is 0 Å². The Kier molecular flexibility index (Phi) is 2.30. The second-order valence-electron chi connectivity index (χ2n) is 4.65. The van der Waals surface area contributed by atoms with Crippen LogP contribution in [0.15, 0.2) is 0 Å². The van der Waals surface area contributed by atoms with Gasteiger partial charge in [0, 0.05) is 18.4 Å². The third-order valence-electron chi connectivity index (χ3n) is 3.12. The van der Waals surface area contributed by atoms with Crippen LogP contribution in [0, 0.1) is 23.2 Å². The van der Waals surface area contributed by atoms with E-state index in [1.807, 2.05) is 13.8 Å². The van der Waals surface area contributed by atoms with Crippen LogP contribution in [-0.4, -0.2) is 17.5 Å². The van der Waals surface area contributed by atoms with Crippen LogP contribution in [-0.2, 0) is 4.79 Å². The number of hydrogen-bond acceptors (Lipinski definition) is 2. The van der Waals surface area contributed by atoms with E-state index in [-0.39, 0.29) is 29.8 Å². The molecule has 1 aliphatic carbocycles. The lowest BCUT2D eigenvalue weighted by Gasteiger charge is -2.04. The van der Waals surface area contributed by atoms with Gasteiger partial charge in [-0.05, 0) is 11.3 Å². The summed E-state index contributed by atoms with van der Waals surface area (Å²) in [4.78, 5) is 11.6. The van der Waals surface area contributed by atoms with Crippen LogP contribution >= 0.6 is 0 Å². The SMILES string of the molecule is CC(C)C(=O)[C@@H]1[C@@H](CO)C1(C)C. The number of Topliss-reactive ketones (excluding diaryl/α,β-unsaturated/α-hetero) is 1. The molecule has 2 atom stereocenters. The van der Waals surface area contributed by atoms with E-state index in [2.05, 4.69) is 13.8 Å². The van der Waals surface area contributed by atoms with Gasteiger partial charge in [-0.15, -0.1) is 0 Å². The molecule has 0 heterocycles. The van der Waals surface area contributed by atoms with Crippen molar-refractivity contribution in [2.24, 2.45) is 23.2 Å². The van der Waals surface area contributed by atoms with Gasteiger partial charge in [0.25, 0.3) is 0 Å². The van der Waals surface area contributed by atoms with E-state index in [1.54, 1.807) is 0 Å². The van der Waals surface area contributed by atoms with Crippen molar-refractivity contribution in [3.05, 3.63) is 0 Å². The Morgan fingerprint density at radius 1 is 1.50 bits per heavy atom. The highest BCUT2D eigenvalue weighted by molar-refractivity contribution is 5.86. The van der Waals surface area contributed by atoms with Crippen molar-refractivity contribution in [1.29, 1.82) is 0 Å². The highest BCUT2D eigenvalue weighted by Gasteiger charge is 2.60. The maximum absolute atomic E-state index is 11.6. The van der Waals surface area contributed by atoms with Crippen molar-refractivity contribution in [2.75, 3.05) is 6.61 Å². The van der Waals surface area contributed by atoms with Crippen LogP contribution in [0.2, 0.25) is 0 Å². The molecular weight excluding hydrogens is 152 g/mol. The number of hydrogen-bond donors (Lipinski definition) is 1. The molecular formula is C10H18O2.